The average molecular weight is 598 g/mol. The lowest BCUT2D eigenvalue weighted by Crippen LogP contribution is -2.59. The van der Waals surface area contributed by atoms with E-state index >= 15 is 4.39 Å². The van der Waals surface area contributed by atoms with Gasteiger partial charge in [0.15, 0.2) is 34.7 Å². The van der Waals surface area contributed by atoms with E-state index in [-0.39, 0.29) is 48.6 Å². The van der Waals surface area contributed by atoms with E-state index in [4.69, 9.17) is 4.74 Å². The minimum atomic E-state index is -1.41. The number of urea groups is 1. The summed E-state index contributed by atoms with van der Waals surface area (Å²) in [5.41, 5.74) is 0.136. The van der Waals surface area contributed by atoms with E-state index in [0.29, 0.717) is 27.8 Å². The van der Waals surface area contributed by atoms with E-state index in [9.17, 15) is 28.3 Å². The third-order valence-corrected chi connectivity index (χ3v) is 6.74. The van der Waals surface area contributed by atoms with Gasteiger partial charge in [0.25, 0.3) is 0 Å². The lowest BCUT2D eigenvalue weighted by atomic mass is 10.0. The first-order valence-electron chi connectivity index (χ1n) is 13.2. The van der Waals surface area contributed by atoms with Gasteiger partial charge in [-0.25, -0.2) is 27.8 Å². The number of fused-ring (bicyclic) bond motifs is 1. The second-order valence-electron chi connectivity index (χ2n) is 9.72. The molecule has 1 fully saturated rings. The average Bonchev–Trinajstić information content (AvgIpc) is 3.39. The number of imide groups is 1. The molecule has 5 rings (SSSR count). The van der Waals surface area contributed by atoms with E-state index in [2.05, 4.69) is 25.8 Å². The highest BCUT2D eigenvalue weighted by Gasteiger charge is 2.43. The molecular formula is C28H26F3N7O5. The van der Waals surface area contributed by atoms with Crippen LogP contribution in [0, 0.1) is 23.4 Å². The topological polar surface area (TPSA) is 153 Å². The predicted molar refractivity (Wildman–Crippen MR) is 149 cm³/mol. The Bertz CT molecular complexity index is 1720. The zero-order valence-electron chi connectivity index (χ0n) is 22.9. The molecule has 0 saturated carbocycles. The van der Waals surface area contributed by atoms with Crippen molar-refractivity contribution in [1.82, 2.24) is 20.1 Å². The SMILES string of the molecule is CCN1CC(C(=O)Nc2ccc(Oc3ccnc4[nH]nc(N[C@H](C)CO)c34)c(F)c2)C(=O)N(c2ccc(F)c(F)c2)C1=O. The molecule has 3 heterocycles. The molecule has 43 heavy (non-hydrogen) atoms. The number of hydrogen-bond donors (Lipinski definition) is 4. The van der Waals surface area contributed by atoms with Crippen LogP contribution < -0.4 is 20.3 Å². The number of benzene rings is 2. The van der Waals surface area contributed by atoms with Gasteiger partial charge in [0.05, 0.1) is 12.3 Å². The monoisotopic (exact) mass is 597 g/mol. The Labute approximate surface area is 242 Å². The molecule has 2 aromatic carbocycles. The molecule has 4 N–H and O–H groups in total. The molecule has 1 aliphatic heterocycles. The fraction of sp³-hybridized carbons (Fsp3) is 0.250. The third kappa shape index (κ3) is 5.79. The number of carbonyl (C=O) groups is 3. The molecule has 0 aliphatic carbocycles. The van der Waals surface area contributed by atoms with Gasteiger partial charge in [-0.3, -0.25) is 14.7 Å². The van der Waals surface area contributed by atoms with Crippen molar-refractivity contribution in [2.75, 3.05) is 35.2 Å². The third-order valence-electron chi connectivity index (χ3n) is 6.74. The molecule has 0 spiro atoms. The molecule has 1 saturated heterocycles. The lowest BCUT2D eigenvalue weighted by molar-refractivity contribution is -0.132. The lowest BCUT2D eigenvalue weighted by Gasteiger charge is -2.37. The number of carbonyl (C=O) groups excluding carboxylic acids is 3. The first-order valence-corrected chi connectivity index (χ1v) is 13.2. The van der Waals surface area contributed by atoms with Gasteiger partial charge >= 0.3 is 6.03 Å². The van der Waals surface area contributed by atoms with Gasteiger partial charge in [-0.05, 0) is 38.1 Å². The first kappa shape index (κ1) is 29.3. The van der Waals surface area contributed by atoms with Crippen LogP contribution in [0.5, 0.6) is 11.5 Å². The van der Waals surface area contributed by atoms with Crippen LogP contribution in [0.1, 0.15) is 13.8 Å². The Morgan fingerprint density at radius 1 is 1.12 bits per heavy atom. The summed E-state index contributed by atoms with van der Waals surface area (Å²) in [5.74, 6) is -6.08. The van der Waals surface area contributed by atoms with Crippen LogP contribution in [0.15, 0.2) is 48.7 Å². The quantitative estimate of drug-likeness (QED) is 0.211. The fourth-order valence-corrected chi connectivity index (χ4v) is 4.49. The molecule has 1 unspecified atom stereocenters. The standard InChI is InChI=1S/C28H26F3N7O5/c1-3-37-12-17(27(41)38(28(37)42)16-5-6-18(29)19(30)11-16)26(40)34-15-4-7-21(20(31)10-15)43-22-8-9-32-24-23(22)25(36-35-24)33-14(2)13-39/h4-11,14,17,39H,3,12-13H2,1-2H3,(H,34,40)(H2,32,33,35,36)/t14-,17?/m1/s1. The summed E-state index contributed by atoms with van der Waals surface area (Å²) >= 11 is 0. The van der Waals surface area contributed by atoms with Gasteiger partial charge in [0, 0.05) is 49.2 Å². The molecule has 15 heteroatoms. The van der Waals surface area contributed by atoms with E-state index in [1.165, 1.54) is 29.3 Å². The number of amides is 4. The van der Waals surface area contributed by atoms with E-state index in [1.807, 2.05) is 0 Å². The largest absolute Gasteiger partial charge is 0.453 e. The van der Waals surface area contributed by atoms with E-state index < -0.39 is 41.2 Å². The van der Waals surface area contributed by atoms with Crippen molar-refractivity contribution in [2.45, 2.75) is 19.9 Å². The summed E-state index contributed by atoms with van der Waals surface area (Å²) in [4.78, 5) is 45.3. The molecule has 2 aromatic heterocycles. The van der Waals surface area contributed by atoms with E-state index in [0.717, 1.165) is 18.2 Å². The molecule has 0 bridgehead atoms. The number of rotatable bonds is 9. The minimum Gasteiger partial charge on any atom is -0.453 e. The number of aliphatic hydroxyl groups is 1. The number of aromatic nitrogens is 3. The number of halogens is 3. The van der Waals surface area contributed by atoms with Crippen molar-refractivity contribution in [3.63, 3.8) is 0 Å². The van der Waals surface area contributed by atoms with Gasteiger partial charge in [0.2, 0.25) is 11.8 Å². The number of ether oxygens (including phenoxy) is 1. The fourth-order valence-electron chi connectivity index (χ4n) is 4.49. The van der Waals surface area contributed by atoms with Crippen molar-refractivity contribution in [3.8, 4) is 11.5 Å². The van der Waals surface area contributed by atoms with Crippen molar-refractivity contribution >= 4 is 46.1 Å². The van der Waals surface area contributed by atoms with Crippen LogP contribution in [0.2, 0.25) is 0 Å². The number of anilines is 3. The number of hydrogen-bond acceptors (Lipinski definition) is 8. The van der Waals surface area contributed by atoms with Crippen LogP contribution in [0.4, 0.5) is 35.2 Å². The van der Waals surface area contributed by atoms with Gasteiger partial charge in [0.1, 0.15) is 17.1 Å². The predicted octanol–water partition coefficient (Wildman–Crippen LogP) is 4.00. The van der Waals surface area contributed by atoms with Gasteiger partial charge in [-0.2, -0.15) is 5.10 Å². The van der Waals surface area contributed by atoms with Crippen molar-refractivity contribution in [1.29, 1.82) is 0 Å². The van der Waals surface area contributed by atoms with Crippen molar-refractivity contribution in [2.24, 2.45) is 5.92 Å². The molecule has 12 nitrogen and oxygen atoms in total. The highest BCUT2D eigenvalue weighted by molar-refractivity contribution is 6.23. The van der Waals surface area contributed by atoms with Crippen LogP contribution in [-0.4, -0.2) is 68.8 Å². The highest BCUT2D eigenvalue weighted by Crippen LogP contribution is 2.35. The summed E-state index contributed by atoms with van der Waals surface area (Å²) in [6.07, 6.45) is 1.44. The summed E-state index contributed by atoms with van der Waals surface area (Å²) in [6.45, 7) is 3.08. The van der Waals surface area contributed by atoms with Gasteiger partial charge in [-0.15, -0.1) is 0 Å². The van der Waals surface area contributed by atoms with E-state index in [1.54, 1.807) is 13.8 Å². The maximum Gasteiger partial charge on any atom is 0.331 e. The van der Waals surface area contributed by atoms with Gasteiger partial charge in [-0.1, -0.05) is 0 Å². The van der Waals surface area contributed by atoms with Crippen molar-refractivity contribution < 1.29 is 37.4 Å². The molecular weight excluding hydrogens is 571 g/mol. The number of aromatic amines is 1. The minimum absolute atomic E-state index is 0.00397. The summed E-state index contributed by atoms with van der Waals surface area (Å²) < 4.78 is 48.3. The zero-order chi connectivity index (χ0) is 30.8. The molecule has 1 aliphatic rings. The number of nitrogens with one attached hydrogen (secondary N) is 3. The molecule has 224 valence electrons. The summed E-state index contributed by atoms with van der Waals surface area (Å²) in [5, 5.41) is 22.1. The number of nitrogens with zero attached hydrogens (tertiary/aromatic N) is 4. The number of H-pyrrole nitrogens is 1. The Kier molecular flexibility index (Phi) is 8.16. The van der Waals surface area contributed by atoms with Gasteiger partial charge < -0.3 is 25.4 Å². The second-order valence-corrected chi connectivity index (χ2v) is 9.72. The van der Waals surface area contributed by atoms with Crippen LogP contribution in [0.25, 0.3) is 11.0 Å². The second kappa shape index (κ2) is 12.0. The highest BCUT2D eigenvalue weighted by atomic mass is 19.2. The normalized spacial score (nSPS) is 16.0. The Morgan fingerprint density at radius 2 is 1.91 bits per heavy atom. The molecule has 2 atom stereocenters. The Balaban J connectivity index is 1.35. The summed E-state index contributed by atoms with van der Waals surface area (Å²) in [6, 6.07) is 6.55. The Morgan fingerprint density at radius 3 is 2.60 bits per heavy atom. The maximum atomic E-state index is 15.2. The van der Waals surface area contributed by atoms with Crippen LogP contribution >= 0.6 is 0 Å². The smallest absolute Gasteiger partial charge is 0.331 e. The first-order chi connectivity index (χ1) is 20.6. The summed E-state index contributed by atoms with van der Waals surface area (Å²) in [7, 11) is 0. The molecule has 4 aromatic rings. The number of pyridine rings is 1. The molecule has 0 radical (unpaired) electrons. The maximum absolute atomic E-state index is 15.2. The van der Waals surface area contributed by atoms with Crippen molar-refractivity contribution in [3.05, 3.63) is 66.1 Å². The zero-order valence-corrected chi connectivity index (χ0v) is 22.9. The Hall–Kier alpha value is -5.18. The molecule has 4 amide bonds. The number of aliphatic hydroxyl groups excluding tert-OH is 1. The van der Waals surface area contributed by atoms with Crippen LogP contribution in [0.3, 0.4) is 0 Å². The van der Waals surface area contributed by atoms with Crippen LogP contribution in [-0.2, 0) is 9.59 Å².